The molecule has 13 rings (SSSR count). The van der Waals surface area contributed by atoms with Crippen molar-refractivity contribution in [1.29, 1.82) is 0 Å². The van der Waals surface area contributed by atoms with Crippen LogP contribution in [-0.4, -0.2) is 28.9 Å². The lowest BCUT2D eigenvalue weighted by atomic mass is 10.0. The van der Waals surface area contributed by atoms with Gasteiger partial charge in [0.05, 0.1) is 50.9 Å². The lowest BCUT2D eigenvalue weighted by Gasteiger charge is -2.12. The second kappa shape index (κ2) is 14.9. The van der Waals surface area contributed by atoms with Crippen molar-refractivity contribution in [2.45, 2.75) is 0 Å². The van der Waals surface area contributed by atoms with Gasteiger partial charge in [-0.2, -0.15) is 5.10 Å². The van der Waals surface area contributed by atoms with Crippen molar-refractivity contribution in [3.8, 4) is 62.1 Å². The van der Waals surface area contributed by atoms with E-state index in [1.807, 2.05) is 30.5 Å². The van der Waals surface area contributed by atoms with Gasteiger partial charge in [0.1, 0.15) is 0 Å². The van der Waals surface area contributed by atoms with Crippen LogP contribution >= 0.6 is 0 Å². The quantitative estimate of drug-likeness (QED) is 0.161. The van der Waals surface area contributed by atoms with Crippen molar-refractivity contribution in [1.82, 2.24) is 28.9 Å². The number of fused-ring (bicyclic) bond motifs is 8. The summed E-state index contributed by atoms with van der Waals surface area (Å²) in [7, 11) is 0. The zero-order valence-corrected chi connectivity index (χ0v) is 35.1. The van der Waals surface area contributed by atoms with Crippen LogP contribution in [0.1, 0.15) is 0 Å². The lowest BCUT2D eigenvalue weighted by molar-refractivity contribution is 0.912. The number of hydrogen-bond donors (Lipinski definition) is 0. The molecule has 0 saturated carbocycles. The predicted octanol–water partition coefficient (Wildman–Crippen LogP) is 14.7. The molecule has 0 aliphatic carbocycles. The molecular weight excluding hydrogens is 793 g/mol. The summed E-state index contributed by atoms with van der Waals surface area (Å²) in [4.78, 5) is 10.2. The number of aromatic nitrogens is 6. The summed E-state index contributed by atoms with van der Waals surface area (Å²) in [6, 6.07) is 79.3. The Labute approximate surface area is 374 Å². The van der Waals surface area contributed by atoms with E-state index in [1.54, 1.807) is 0 Å². The zero-order valence-electron chi connectivity index (χ0n) is 35.1. The Balaban J connectivity index is 0.898. The third-order valence-corrected chi connectivity index (χ3v) is 12.8. The fourth-order valence-corrected chi connectivity index (χ4v) is 9.69. The van der Waals surface area contributed by atoms with Crippen molar-refractivity contribution in [2.24, 2.45) is 0 Å². The first-order chi connectivity index (χ1) is 32.2. The van der Waals surface area contributed by atoms with Crippen LogP contribution in [0.15, 0.2) is 231 Å². The third-order valence-electron chi connectivity index (χ3n) is 12.8. The van der Waals surface area contributed by atoms with E-state index < -0.39 is 0 Å². The zero-order chi connectivity index (χ0) is 42.8. The first kappa shape index (κ1) is 36.8. The predicted molar refractivity (Wildman–Crippen MR) is 267 cm³/mol. The first-order valence-corrected chi connectivity index (χ1v) is 21.9. The maximum Gasteiger partial charge on any atom is 0.160 e. The molecule has 0 fully saturated rings. The molecule has 4 aromatic heterocycles. The normalized spacial score (nSPS) is 11.7. The maximum absolute atomic E-state index is 5.13. The van der Waals surface area contributed by atoms with Gasteiger partial charge >= 0.3 is 0 Å². The SMILES string of the molecule is c1ccc(-c2ccc(-c3cc(-c4ccc(-n5c6ccccc6c6cc(-n7ncc8c7ccc7c9ccccc9n(-c9ccccc9)c78)ccc65)cc4)nc(-c4ccccc4)n3)cc2)cc1. The van der Waals surface area contributed by atoms with Gasteiger partial charge in [-0.25, -0.2) is 14.6 Å². The smallest absolute Gasteiger partial charge is 0.160 e. The molecule has 65 heavy (non-hydrogen) atoms. The molecule has 6 nitrogen and oxygen atoms in total. The van der Waals surface area contributed by atoms with Gasteiger partial charge in [0, 0.05) is 55.0 Å². The lowest BCUT2D eigenvalue weighted by Crippen LogP contribution is -1.98. The Bertz CT molecular complexity index is 3900. The molecule has 0 unspecified atom stereocenters. The molecule has 0 aliphatic rings. The third kappa shape index (κ3) is 6.07. The molecule has 0 bridgehead atoms. The van der Waals surface area contributed by atoms with Crippen molar-refractivity contribution in [3.05, 3.63) is 231 Å². The summed E-state index contributed by atoms with van der Waals surface area (Å²) in [5, 5.41) is 11.0. The van der Waals surface area contributed by atoms with Crippen LogP contribution in [-0.2, 0) is 0 Å². The number of rotatable bonds is 7. The average molecular weight is 831 g/mol. The van der Waals surface area contributed by atoms with E-state index in [9.17, 15) is 0 Å². The highest BCUT2D eigenvalue weighted by atomic mass is 15.3. The van der Waals surface area contributed by atoms with Crippen LogP contribution < -0.4 is 0 Å². The fourth-order valence-electron chi connectivity index (χ4n) is 9.69. The van der Waals surface area contributed by atoms with Gasteiger partial charge < -0.3 is 9.13 Å². The standard InChI is InChI=1S/C59H38N6/c1-4-14-39(15-5-1)40-24-26-41(27-25-40)52-37-53(62-59(61-52)43-16-6-2-7-17-43)42-28-30-45(31-29-42)63-54-22-12-11-21-48(54)50-36-46(32-34-56(50)63)65-57-35-33-49-47-20-10-13-23-55(47)64(44-18-8-3-9-19-44)58(49)51(57)38-60-65/h1-38H. The Morgan fingerprint density at radius 1 is 0.292 bits per heavy atom. The number of nitrogens with zero attached hydrogens (tertiary/aromatic N) is 6. The van der Waals surface area contributed by atoms with Gasteiger partial charge in [-0.05, 0) is 83.9 Å². The van der Waals surface area contributed by atoms with Gasteiger partial charge in [0.25, 0.3) is 0 Å². The van der Waals surface area contributed by atoms with Crippen molar-refractivity contribution in [2.75, 3.05) is 0 Å². The van der Waals surface area contributed by atoms with Gasteiger partial charge in [0.15, 0.2) is 5.82 Å². The Morgan fingerprint density at radius 3 is 1.48 bits per heavy atom. The average Bonchev–Trinajstić information content (AvgIpc) is 4.07. The van der Waals surface area contributed by atoms with E-state index >= 15 is 0 Å². The molecular formula is C59H38N6. The highest BCUT2D eigenvalue weighted by molar-refractivity contribution is 6.18. The molecule has 0 spiro atoms. The monoisotopic (exact) mass is 830 g/mol. The van der Waals surface area contributed by atoms with Gasteiger partial charge in [-0.15, -0.1) is 0 Å². The van der Waals surface area contributed by atoms with Gasteiger partial charge in [-0.1, -0.05) is 152 Å². The fraction of sp³-hybridized carbons (Fsp3) is 0. The minimum absolute atomic E-state index is 0.695. The Kier molecular flexibility index (Phi) is 8.42. The molecule has 304 valence electrons. The van der Waals surface area contributed by atoms with E-state index in [0.717, 1.165) is 78.0 Å². The van der Waals surface area contributed by atoms with Crippen LogP contribution in [0.2, 0.25) is 0 Å². The second-order valence-corrected chi connectivity index (χ2v) is 16.5. The molecule has 9 aromatic carbocycles. The molecule has 0 radical (unpaired) electrons. The van der Waals surface area contributed by atoms with Crippen molar-refractivity contribution in [3.63, 3.8) is 0 Å². The Morgan fingerprint density at radius 2 is 0.785 bits per heavy atom. The van der Waals surface area contributed by atoms with Gasteiger partial charge in [0.2, 0.25) is 0 Å². The molecule has 0 saturated heterocycles. The summed E-state index contributed by atoms with van der Waals surface area (Å²) >= 11 is 0. The summed E-state index contributed by atoms with van der Waals surface area (Å²) in [5.74, 6) is 0.695. The molecule has 0 amide bonds. The maximum atomic E-state index is 5.13. The van der Waals surface area contributed by atoms with Crippen LogP contribution in [0, 0.1) is 0 Å². The van der Waals surface area contributed by atoms with Crippen molar-refractivity contribution < 1.29 is 0 Å². The van der Waals surface area contributed by atoms with Crippen LogP contribution in [0.4, 0.5) is 0 Å². The highest BCUT2D eigenvalue weighted by Crippen LogP contribution is 2.39. The molecule has 13 aromatic rings. The molecule has 0 N–H and O–H groups in total. The summed E-state index contributed by atoms with van der Waals surface area (Å²) in [5.41, 5.74) is 16.0. The summed E-state index contributed by atoms with van der Waals surface area (Å²) in [6.07, 6.45) is 2.02. The molecule has 0 atom stereocenters. The second-order valence-electron chi connectivity index (χ2n) is 16.5. The Hall–Kier alpha value is -8.87. The first-order valence-electron chi connectivity index (χ1n) is 21.9. The largest absolute Gasteiger partial charge is 0.309 e. The van der Waals surface area contributed by atoms with Crippen molar-refractivity contribution >= 4 is 54.5 Å². The minimum Gasteiger partial charge on any atom is -0.309 e. The van der Waals surface area contributed by atoms with E-state index in [1.165, 1.54) is 32.8 Å². The van der Waals surface area contributed by atoms with E-state index in [-0.39, 0.29) is 0 Å². The number of para-hydroxylation sites is 3. The topological polar surface area (TPSA) is 53.5 Å². The van der Waals surface area contributed by atoms with Crippen LogP contribution in [0.3, 0.4) is 0 Å². The molecule has 6 heteroatoms. The van der Waals surface area contributed by atoms with Crippen LogP contribution in [0.25, 0.3) is 117 Å². The highest BCUT2D eigenvalue weighted by Gasteiger charge is 2.19. The molecule has 4 heterocycles. The van der Waals surface area contributed by atoms with E-state index in [2.05, 4.69) is 214 Å². The van der Waals surface area contributed by atoms with Gasteiger partial charge in [-0.3, -0.25) is 0 Å². The number of hydrogen-bond acceptors (Lipinski definition) is 3. The number of benzene rings is 9. The summed E-state index contributed by atoms with van der Waals surface area (Å²) in [6.45, 7) is 0. The van der Waals surface area contributed by atoms with E-state index in [4.69, 9.17) is 15.1 Å². The molecule has 0 aliphatic heterocycles. The minimum atomic E-state index is 0.695. The van der Waals surface area contributed by atoms with E-state index in [0.29, 0.717) is 5.82 Å². The summed E-state index contributed by atoms with van der Waals surface area (Å²) < 4.78 is 6.81. The van der Waals surface area contributed by atoms with Crippen LogP contribution in [0.5, 0.6) is 0 Å².